The summed E-state index contributed by atoms with van der Waals surface area (Å²) in [6.07, 6.45) is 0.383. The maximum Gasteiger partial charge on any atom is 0.221 e. The lowest BCUT2D eigenvalue weighted by molar-refractivity contribution is -0.121. The number of amides is 1. The third-order valence-electron chi connectivity index (χ3n) is 2.53. The molecule has 0 atom stereocenters. The van der Waals surface area contributed by atoms with Gasteiger partial charge in [0.1, 0.15) is 0 Å². The molecule has 1 amide bonds. The Hall–Kier alpha value is -1.79. The van der Waals surface area contributed by atoms with Gasteiger partial charge in [-0.3, -0.25) is 4.79 Å². The molecule has 0 spiro atoms. The summed E-state index contributed by atoms with van der Waals surface area (Å²) in [6.45, 7) is 2.09. The zero-order chi connectivity index (χ0) is 14.1. The van der Waals surface area contributed by atoms with Crippen LogP contribution in [0.1, 0.15) is 12.0 Å². The largest absolute Gasteiger partial charge is 0.504 e. The molecule has 6 nitrogen and oxygen atoms in total. The molecule has 0 saturated heterocycles. The van der Waals surface area contributed by atoms with Crippen LogP contribution < -0.4 is 10.6 Å². The van der Waals surface area contributed by atoms with Crippen LogP contribution in [0.25, 0.3) is 0 Å². The number of nitrogens with one attached hydrogen (secondary N) is 2. The molecule has 0 bridgehead atoms. The molecule has 0 aliphatic carbocycles. The Morgan fingerprint density at radius 3 is 2.74 bits per heavy atom. The molecule has 0 radical (unpaired) electrons. The Bertz CT molecular complexity index is 410. The van der Waals surface area contributed by atoms with Crippen molar-refractivity contribution in [1.82, 2.24) is 10.6 Å². The minimum absolute atomic E-state index is 0.0295. The number of hydrogen-bond acceptors (Lipinski definition) is 5. The number of phenols is 2. The maximum atomic E-state index is 11.3. The van der Waals surface area contributed by atoms with Crippen LogP contribution in [0.15, 0.2) is 18.2 Å². The second-order valence-electron chi connectivity index (χ2n) is 4.09. The van der Waals surface area contributed by atoms with Crippen molar-refractivity contribution in [3.63, 3.8) is 0 Å². The van der Waals surface area contributed by atoms with E-state index in [1.165, 1.54) is 12.1 Å². The van der Waals surface area contributed by atoms with Crippen molar-refractivity contribution in [1.29, 1.82) is 0 Å². The van der Waals surface area contributed by atoms with E-state index < -0.39 is 0 Å². The van der Waals surface area contributed by atoms with Gasteiger partial charge in [-0.2, -0.15) is 0 Å². The fraction of sp³-hybridized carbons (Fsp3) is 0.462. The van der Waals surface area contributed by atoms with E-state index in [9.17, 15) is 9.90 Å². The van der Waals surface area contributed by atoms with Crippen LogP contribution in [0.5, 0.6) is 11.5 Å². The van der Waals surface area contributed by atoms with Gasteiger partial charge in [-0.05, 0) is 17.7 Å². The number of methoxy groups -OCH3 is 1. The van der Waals surface area contributed by atoms with Gasteiger partial charge in [0.25, 0.3) is 0 Å². The summed E-state index contributed by atoms with van der Waals surface area (Å²) in [5, 5.41) is 24.3. The quantitative estimate of drug-likeness (QED) is 0.403. The first-order valence-corrected chi connectivity index (χ1v) is 6.10. The molecule has 19 heavy (non-hydrogen) atoms. The second-order valence-corrected chi connectivity index (χ2v) is 4.09. The Morgan fingerprint density at radius 2 is 2.05 bits per heavy atom. The highest BCUT2D eigenvalue weighted by Crippen LogP contribution is 2.24. The summed E-state index contributed by atoms with van der Waals surface area (Å²) >= 11 is 0. The topological polar surface area (TPSA) is 90.8 Å². The van der Waals surface area contributed by atoms with Gasteiger partial charge in [0.2, 0.25) is 5.91 Å². The molecular weight excluding hydrogens is 248 g/mol. The monoisotopic (exact) mass is 268 g/mol. The normalized spacial score (nSPS) is 10.4. The predicted molar refractivity (Wildman–Crippen MR) is 71.0 cm³/mol. The number of hydrogen-bond donors (Lipinski definition) is 4. The number of carbonyl (C=O) groups excluding carboxylic acids is 1. The number of aromatic hydroxyl groups is 2. The van der Waals surface area contributed by atoms with Gasteiger partial charge >= 0.3 is 0 Å². The fourth-order valence-corrected chi connectivity index (χ4v) is 1.49. The lowest BCUT2D eigenvalue weighted by Gasteiger charge is -2.07. The molecule has 1 aromatic rings. The van der Waals surface area contributed by atoms with Crippen molar-refractivity contribution < 1.29 is 19.7 Å². The number of rotatable bonds is 8. The van der Waals surface area contributed by atoms with Crippen molar-refractivity contribution in [2.24, 2.45) is 0 Å². The summed E-state index contributed by atoms with van der Waals surface area (Å²) in [5.74, 6) is -0.309. The smallest absolute Gasteiger partial charge is 0.221 e. The van der Waals surface area contributed by atoms with Crippen LogP contribution in [-0.2, 0) is 16.1 Å². The molecule has 0 heterocycles. The Labute approximate surface area is 112 Å². The number of benzene rings is 1. The van der Waals surface area contributed by atoms with Crippen LogP contribution in [0.4, 0.5) is 0 Å². The van der Waals surface area contributed by atoms with E-state index in [-0.39, 0.29) is 17.4 Å². The average molecular weight is 268 g/mol. The van der Waals surface area contributed by atoms with E-state index in [0.717, 1.165) is 5.56 Å². The van der Waals surface area contributed by atoms with E-state index in [2.05, 4.69) is 10.6 Å². The third kappa shape index (κ3) is 6.08. The van der Waals surface area contributed by atoms with Crippen molar-refractivity contribution in [2.75, 3.05) is 26.8 Å². The van der Waals surface area contributed by atoms with Crippen molar-refractivity contribution in [3.8, 4) is 11.5 Å². The summed E-state index contributed by atoms with van der Waals surface area (Å²) in [5.41, 5.74) is 0.843. The Morgan fingerprint density at radius 1 is 1.26 bits per heavy atom. The highest BCUT2D eigenvalue weighted by Gasteiger charge is 2.02. The van der Waals surface area contributed by atoms with Crippen LogP contribution >= 0.6 is 0 Å². The SMILES string of the molecule is COCCNC(=O)CCNCc1ccc(O)c(O)c1. The molecule has 1 rings (SSSR count). The van der Waals surface area contributed by atoms with Crippen molar-refractivity contribution in [3.05, 3.63) is 23.8 Å². The molecule has 1 aromatic carbocycles. The van der Waals surface area contributed by atoms with Gasteiger partial charge < -0.3 is 25.6 Å². The lowest BCUT2D eigenvalue weighted by atomic mass is 10.2. The van der Waals surface area contributed by atoms with E-state index in [1.54, 1.807) is 13.2 Å². The molecule has 0 aliphatic rings. The van der Waals surface area contributed by atoms with Gasteiger partial charge in [-0.1, -0.05) is 6.07 Å². The minimum Gasteiger partial charge on any atom is -0.504 e. The molecule has 0 fully saturated rings. The molecule has 0 aromatic heterocycles. The highest BCUT2D eigenvalue weighted by atomic mass is 16.5. The number of ether oxygens (including phenoxy) is 1. The Kier molecular flexibility index (Phi) is 6.70. The standard InChI is InChI=1S/C13H20N2O4/c1-19-7-6-15-13(18)4-5-14-9-10-2-3-11(16)12(17)8-10/h2-3,8,14,16-17H,4-7,9H2,1H3,(H,15,18). The van der Waals surface area contributed by atoms with Crippen LogP contribution in [0.2, 0.25) is 0 Å². The third-order valence-corrected chi connectivity index (χ3v) is 2.53. The van der Waals surface area contributed by atoms with E-state index in [1.807, 2.05) is 0 Å². The molecule has 0 aliphatic heterocycles. The second kappa shape index (κ2) is 8.34. The predicted octanol–water partition coefficient (Wildman–Crippen LogP) is 0.340. The number of carbonyl (C=O) groups is 1. The van der Waals surface area contributed by atoms with Crippen LogP contribution in [0.3, 0.4) is 0 Å². The molecule has 106 valence electrons. The highest BCUT2D eigenvalue weighted by molar-refractivity contribution is 5.76. The van der Waals surface area contributed by atoms with E-state index in [4.69, 9.17) is 9.84 Å². The van der Waals surface area contributed by atoms with Crippen molar-refractivity contribution >= 4 is 5.91 Å². The summed E-state index contributed by atoms with van der Waals surface area (Å²) in [7, 11) is 1.58. The van der Waals surface area contributed by atoms with Gasteiger partial charge in [0.15, 0.2) is 11.5 Å². The molecule has 6 heteroatoms. The van der Waals surface area contributed by atoms with Crippen molar-refractivity contribution in [2.45, 2.75) is 13.0 Å². The van der Waals surface area contributed by atoms with Crippen LogP contribution in [0, 0.1) is 0 Å². The van der Waals surface area contributed by atoms with E-state index in [0.29, 0.717) is 32.7 Å². The molecule has 4 N–H and O–H groups in total. The van der Waals surface area contributed by atoms with Gasteiger partial charge in [-0.25, -0.2) is 0 Å². The van der Waals surface area contributed by atoms with E-state index >= 15 is 0 Å². The van der Waals surface area contributed by atoms with Gasteiger partial charge in [0, 0.05) is 33.2 Å². The zero-order valence-electron chi connectivity index (χ0n) is 11.0. The van der Waals surface area contributed by atoms with Gasteiger partial charge in [-0.15, -0.1) is 0 Å². The summed E-state index contributed by atoms with van der Waals surface area (Å²) in [6, 6.07) is 4.63. The molecular formula is C13H20N2O4. The maximum absolute atomic E-state index is 11.3. The average Bonchev–Trinajstić information content (AvgIpc) is 2.39. The summed E-state index contributed by atoms with van der Waals surface area (Å²) in [4.78, 5) is 11.3. The summed E-state index contributed by atoms with van der Waals surface area (Å²) < 4.78 is 4.82. The van der Waals surface area contributed by atoms with Crippen LogP contribution in [-0.4, -0.2) is 42.9 Å². The molecule has 0 unspecified atom stereocenters. The Balaban J connectivity index is 2.16. The fourth-order valence-electron chi connectivity index (χ4n) is 1.49. The minimum atomic E-state index is -0.142. The molecule has 0 saturated carbocycles. The first kappa shape index (κ1) is 15.3. The lowest BCUT2D eigenvalue weighted by Crippen LogP contribution is -2.29. The number of phenolic OH excluding ortho intramolecular Hbond substituents is 2. The van der Waals surface area contributed by atoms with Gasteiger partial charge in [0.05, 0.1) is 6.61 Å². The first-order chi connectivity index (χ1) is 9.13. The zero-order valence-corrected chi connectivity index (χ0v) is 11.0. The first-order valence-electron chi connectivity index (χ1n) is 6.10.